The van der Waals surface area contributed by atoms with Crippen LogP contribution in [-0.2, 0) is 0 Å². The van der Waals surface area contributed by atoms with Crippen molar-refractivity contribution < 1.29 is 0 Å². The second-order valence-corrected chi connectivity index (χ2v) is 7.27. The van der Waals surface area contributed by atoms with Crippen LogP contribution in [0.5, 0.6) is 0 Å². The lowest BCUT2D eigenvalue weighted by atomic mass is 9.91. The van der Waals surface area contributed by atoms with Gasteiger partial charge >= 0.3 is 0 Å². The van der Waals surface area contributed by atoms with Crippen molar-refractivity contribution in [3.05, 3.63) is 115 Å². The Bertz CT molecular complexity index is 1260. The highest BCUT2D eigenvalue weighted by Crippen LogP contribution is 2.37. The Balaban J connectivity index is 1.64. The third-order valence-electron chi connectivity index (χ3n) is 5.43. The normalized spacial score (nSPS) is 10.9. The fraction of sp³-hybridized carbons (Fsp3) is 0. The molecule has 0 aromatic heterocycles. The van der Waals surface area contributed by atoms with Crippen LogP contribution in [0.2, 0.25) is 0 Å². The van der Waals surface area contributed by atoms with Gasteiger partial charge in [-0.05, 0) is 56.3 Å². The third-order valence-corrected chi connectivity index (χ3v) is 5.43. The second kappa shape index (κ2) is 7.29. The molecule has 1 nitrogen and oxygen atoms in total. The van der Waals surface area contributed by atoms with Gasteiger partial charge in [-0.1, -0.05) is 103 Å². The Labute approximate surface area is 171 Å². The fourth-order valence-corrected chi connectivity index (χ4v) is 3.96. The van der Waals surface area contributed by atoms with Crippen LogP contribution in [0.25, 0.3) is 44.2 Å². The van der Waals surface area contributed by atoms with Gasteiger partial charge in [-0.15, -0.1) is 0 Å². The lowest BCUT2D eigenvalue weighted by molar-refractivity contribution is 1.59. The molecule has 5 rings (SSSR count). The maximum Gasteiger partial charge on any atom is 0.0314 e. The minimum atomic E-state index is 0.787. The van der Waals surface area contributed by atoms with Gasteiger partial charge in [0.2, 0.25) is 0 Å². The average molecular weight is 371 g/mol. The molecular formula is C28H21N. The van der Waals surface area contributed by atoms with Crippen molar-refractivity contribution in [3.63, 3.8) is 0 Å². The van der Waals surface area contributed by atoms with Crippen molar-refractivity contribution >= 4 is 16.5 Å². The monoisotopic (exact) mass is 371 g/mol. The lowest BCUT2D eigenvalue weighted by Crippen LogP contribution is -1.87. The molecule has 0 atom stereocenters. The van der Waals surface area contributed by atoms with E-state index in [0.717, 1.165) is 5.69 Å². The quantitative estimate of drug-likeness (QED) is 0.328. The number of benzene rings is 5. The molecule has 2 N–H and O–H groups in total. The van der Waals surface area contributed by atoms with E-state index in [4.69, 9.17) is 5.73 Å². The first-order valence-corrected chi connectivity index (χ1v) is 9.83. The Morgan fingerprint density at radius 3 is 1.45 bits per heavy atom. The molecule has 0 radical (unpaired) electrons. The van der Waals surface area contributed by atoms with Crippen LogP contribution < -0.4 is 5.73 Å². The minimum absolute atomic E-state index is 0.787. The van der Waals surface area contributed by atoms with Crippen molar-refractivity contribution in [2.24, 2.45) is 0 Å². The zero-order valence-electron chi connectivity index (χ0n) is 16.0. The smallest absolute Gasteiger partial charge is 0.0314 e. The molecule has 138 valence electrons. The largest absolute Gasteiger partial charge is 0.399 e. The van der Waals surface area contributed by atoms with E-state index in [0.29, 0.717) is 0 Å². The highest BCUT2D eigenvalue weighted by Gasteiger charge is 2.10. The van der Waals surface area contributed by atoms with Gasteiger partial charge in [-0.25, -0.2) is 0 Å². The van der Waals surface area contributed by atoms with Crippen molar-refractivity contribution in [2.45, 2.75) is 0 Å². The van der Waals surface area contributed by atoms with Crippen molar-refractivity contribution in [2.75, 3.05) is 5.73 Å². The zero-order valence-corrected chi connectivity index (χ0v) is 16.0. The summed E-state index contributed by atoms with van der Waals surface area (Å²) in [6.07, 6.45) is 0. The molecule has 0 aliphatic rings. The number of rotatable bonds is 3. The summed E-state index contributed by atoms with van der Waals surface area (Å²) in [5, 5.41) is 2.55. The van der Waals surface area contributed by atoms with Gasteiger partial charge in [0.15, 0.2) is 0 Å². The Kier molecular flexibility index (Phi) is 4.34. The van der Waals surface area contributed by atoms with Gasteiger partial charge in [-0.3, -0.25) is 0 Å². The van der Waals surface area contributed by atoms with Crippen LogP contribution in [0.15, 0.2) is 115 Å². The standard InChI is InChI=1S/C28H21N/c29-25-18-16-21(17-19-25)20-12-14-23(15-13-20)27-11-5-9-24-8-4-10-26(28(24)27)22-6-2-1-3-7-22/h1-19H,29H2. The van der Waals surface area contributed by atoms with Crippen molar-refractivity contribution in [1.29, 1.82) is 0 Å². The maximum absolute atomic E-state index is 5.82. The average Bonchev–Trinajstić information content (AvgIpc) is 2.79. The van der Waals surface area contributed by atoms with E-state index >= 15 is 0 Å². The van der Waals surface area contributed by atoms with Gasteiger partial charge in [0.1, 0.15) is 0 Å². The maximum atomic E-state index is 5.82. The van der Waals surface area contributed by atoms with E-state index in [2.05, 4.69) is 103 Å². The lowest BCUT2D eigenvalue weighted by Gasteiger charge is -2.13. The molecule has 0 saturated carbocycles. The predicted octanol–water partition coefficient (Wildman–Crippen LogP) is 7.42. The minimum Gasteiger partial charge on any atom is -0.399 e. The van der Waals surface area contributed by atoms with Gasteiger partial charge in [0.05, 0.1) is 0 Å². The van der Waals surface area contributed by atoms with Crippen LogP contribution in [-0.4, -0.2) is 0 Å². The molecule has 0 aliphatic carbocycles. The van der Waals surface area contributed by atoms with E-state index < -0.39 is 0 Å². The number of anilines is 1. The summed E-state index contributed by atoms with van der Waals surface area (Å²) in [7, 11) is 0. The van der Waals surface area contributed by atoms with E-state index in [1.54, 1.807) is 0 Å². The predicted molar refractivity (Wildman–Crippen MR) is 125 cm³/mol. The number of nitrogen functional groups attached to an aromatic ring is 1. The first-order chi connectivity index (χ1) is 14.3. The summed E-state index contributed by atoms with van der Waals surface area (Å²) in [5.74, 6) is 0. The molecule has 0 unspecified atom stereocenters. The Morgan fingerprint density at radius 2 is 0.862 bits per heavy atom. The van der Waals surface area contributed by atoms with Crippen LogP contribution in [0.3, 0.4) is 0 Å². The molecule has 5 aromatic rings. The Morgan fingerprint density at radius 1 is 0.379 bits per heavy atom. The first-order valence-electron chi connectivity index (χ1n) is 9.83. The molecule has 0 bridgehead atoms. The van der Waals surface area contributed by atoms with Crippen LogP contribution in [0.1, 0.15) is 0 Å². The molecule has 29 heavy (non-hydrogen) atoms. The summed E-state index contributed by atoms with van der Waals surface area (Å²) < 4.78 is 0. The van der Waals surface area contributed by atoms with Crippen molar-refractivity contribution in [1.82, 2.24) is 0 Å². The van der Waals surface area contributed by atoms with Crippen LogP contribution in [0.4, 0.5) is 5.69 Å². The molecule has 5 aromatic carbocycles. The van der Waals surface area contributed by atoms with Gasteiger partial charge < -0.3 is 5.73 Å². The van der Waals surface area contributed by atoms with E-state index in [1.807, 2.05) is 12.1 Å². The van der Waals surface area contributed by atoms with E-state index in [-0.39, 0.29) is 0 Å². The molecule has 0 heterocycles. The Hall–Kier alpha value is -3.84. The van der Waals surface area contributed by atoms with Crippen LogP contribution >= 0.6 is 0 Å². The summed E-state index contributed by atoms with van der Waals surface area (Å²) in [6, 6.07) is 40.5. The number of hydrogen-bond acceptors (Lipinski definition) is 1. The molecule has 0 amide bonds. The molecule has 0 aliphatic heterocycles. The zero-order chi connectivity index (χ0) is 19.6. The molecule has 1 heteroatoms. The highest BCUT2D eigenvalue weighted by molar-refractivity contribution is 6.06. The molecule has 0 saturated heterocycles. The van der Waals surface area contributed by atoms with Crippen molar-refractivity contribution in [3.8, 4) is 33.4 Å². The summed E-state index contributed by atoms with van der Waals surface area (Å²) in [5.41, 5.74) is 14.0. The summed E-state index contributed by atoms with van der Waals surface area (Å²) in [4.78, 5) is 0. The van der Waals surface area contributed by atoms with E-state index in [9.17, 15) is 0 Å². The number of hydrogen-bond donors (Lipinski definition) is 1. The van der Waals surface area contributed by atoms with Gasteiger partial charge in [0, 0.05) is 5.69 Å². The van der Waals surface area contributed by atoms with E-state index in [1.165, 1.54) is 44.2 Å². The fourth-order valence-electron chi connectivity index (χ4n) is 3.96. The summed E-state index contributed by atoms with van der Waals surface area (Å²) >= 11 is 0. The van der Waals surface area contributed by atoms with Crippen LogP contribution in [0, 0.1) is 0 Å². The topological polar surface area (TPSA) is 26.0 Å². The SMILES string of the molecule is Nc1ccc(-c2ccc(-c3cccc4cccc(-c5ccccc5)c34)cc2)cc1. The first kappa shape index (κ1) is 17.3. The number of nitrogens with two attached hydrogens (primary N) is 1. The third kappa shape index (κ3) is 3.28. The molecule has 0 fully saturated rings. The summed E-state index contributed by atoms with van der Waals surface area (Å²) in [6.45, 7) is 0. The second-order valence-electron chi connectivity index (χ2n) is 7.27. The highest BCUT2D eigenvalue weighted by atomic mass is 14.5. The molecule has 0 spiro atoms. The van der Waals surface area contributed by atoms with Gasteiger partial charge in [0.25, 0.3) is 0 Å². The molecular weight excluding hydrogens is 350 g/mol. The number of fused-ring (bicyclic) bond motifs is 1. The van der Waals surface area contributed by atoms with Gasteiger partial charge in [-0.2, -0.15) is 0 Å².